The summed E-state index contributed by atoms with van der Waals surface area (Å²) >= 11 is 0. The number of nitrogens with zero attached hydrogens (tertiary/aromatic N) is 2. The molecule has 1 heterocycles. The normalized spacial score (nSPS) is 10.6. The Hall–Kier alpha value is -2.17. The second-order valence-corrected chi connectivity index (χ2v) is 4.08. The Morgan fingerprint density at radius 1 is 1.44 bits per heavy atom. The van der Waals surface area contributed by atoms with Crippen molar-refractivity contribution >= 4 is 5.97 Å². The number of aromatic nitrogens is 2. The molecule has 2 aromatic rings. The number of hydrogen-bond acceptors (Lipinski definition) is 2. The average molecular weight is 248 g/mol. The Morgan fingerprint density at radius 2 is 2.17 bits per heavy atom. The maximum absolute atomic E-state index is 13.2. The van der Waals surface area contributed by atoms with Crippen LogP contribution in [0.3, 0.4) is 0 Å². The first-order valence-electron chi connectivity index (χ1n) is 5.51. The van der Waals surface area contributed by atoms with E-state index in [9.17, 15) is 9.18 Å². The van der Waals surface area contributed by atoms with E-state index in [0.29, 0.717) is 22.9 Å². The fourth-order valence-corrected chi connectivity index (χ4v) is 2.02. The van der Waals surface area contributed by atoms with Crippen molar-refractivity contribution in [2.45, 2.75) is 20.3 Å². The van der Waals surface area contributed by atoms with Gasteiger partial charge in [0, 0.05) is 5.69 Å². The largest absolute Gasteiger partial charge is 0.481 e. The highest BCUT2D eigenvalue weighted by molar-refractivity contribution is 5.70. The molecule has 0 amide bonds. The number of hydrogen-bond donors (Lipinski definition) is 1. The van der Waals surface area contributed by atoms with Gasteiger partial charge in [-0.2, -0.15) is 0 Å². The van der Waals surface area contributed by atoms with Crippen molar-refractivity contribution in [2.24, 2.45) is 0 Å². The van der Waals surface area contributed by atoms with Crippen LogP contribution in [0.25, 0.3) is 5.69 Å². The summed E-state index contributed by atoms with van der Waals surface area (Å²) in [5.74, 6) is -0.649. The van der Waals surface area contributed by atoms with Crippen molar-refractivity contribution < 1.29 is 14.3 Å². The van der Waals surface area contributed by atoms with Gasteiger partial charge in [0.2, 0.25) is 0 Å². The number of benzene rings is 1. The third-order valence-corrected chi connectivity index (χ3v) is 2.73. The van der Waals surface area contributed by atoms with E-state index in [1.54, 1.807) is 30.5 Å². The standard InChI is InChI=1S/C13H13FN2O2/c1-8-12(7-13(17)18)16(9(2)15-8)11-5-3-4-10(14)6-11/h3-6H,7H2,1-2H3,(H,17,18). The van der Waals surface area contributed by atoms with E-state index in [4.69, 9.17) is 5.11 Å². The minimum atomic E-state index is -0.935. The molecule has 0 aliphatic rings. The third kappa shape index (κ3) is 2.25. The van der Waals surface area contributed by atoms with Gasteiger partial charge in [0.15, 0.2) is 0 Å². The van der Waals surface area contributed by atoms with Crippen LogP contribution >= 0.6 is 0 Å². The Labute approximate surface area is 104 Å². The van der Waals surface area contributed by atoms with Crippen LogP contribution in [-0.4, -0.2) is 20.6 Å². The molecule has 0 atom stereocenters. The zero-order valence-corrected chi connectivity index (χ0v) is 10.1. The van der Waals surface area contributed by atoms with Crippen LogP contribution in [0.4, 0.5) is 4.39 Å². The van der Waals surface area contributed by atoms with Crippen LogP contribution < -0.4 is 0 Å². The summed E-state index contributed by atoms with van der Waals surface area (Å²) in [4.78, 5) is 15.1. The number of aryl methyl sites for hydroxylation is 2. The van der Waals surface area contributed by atoms with Gasteiger partial charge in [-0.15, -0.1) is 0 Å². The van der Waals surface area contributed by atoms with Crippen molar-refractivity contribution in [1.29, 1.82) is 0 Å². The minimum Gasteiger partial charge on any atom is -0.481 e. The molecule has 0 aliphatic heterocycles. The van der Waals surface area contributed by atoms with Gasteiger partial charge in [0.25, 0.3) is 0 Å². The lowest BCUT2D eigenvalue weighted by atomic mass is 10.2. The van der Waals surface area contributed by atoms with Gasteiger partial charge in [-0.05, 0) is 32.0 Å². The van der Waals surface area contributed by atoms with Crippen LogP contribution in [0, 0.1) is 19.7 Å². The summed E-state index contributed by atoms with van der Waals surface area (Å²) in [5, 5.41) is 8.91. The summed E-state index contributed by atoms with van der Waals surface area (Å²) < 4.78 is 14.9. The maximum Gasteiger partial charge on any atom is 0.309 e. The van der Waals surface area contributed by atoms with Gasteiger partial charge >= 0.3 is 5.97 Å². The zero-order chi connectivity index (χ0) is 13.3. The molecule has 2 rings (SSSR count). The highest BCUT2D eigenvalue weighted by Crippen LogP contribution is 2.19. The topological polar surface area (TPSA) is 55.1 Å². The predicted molar refractivity (Wildman–Crippen MR) is 64.3 cm³/mol. The average Bonchev–Trinajstić information content (AvgIpc) is 2.53. The van der Waals surface area contributed by atoms with Gasteiger partial charge in [-0.3, -0.25) is 9.36 Å². The highest BCUT2D eigenvalue weighted by atomic mass is 19.1. The first kappa shape index (κ1) is 12.3. The van der Waals surface area contributed by atoms with E-state index < -0.39 is 5.97 Å². The van der Waals surface area contributed by atoms with Crippen molar-refractivity contribution in [2.75, 3.05) is 0 Å². The fraction of sp³-hybridized carbons (Fsp3) is 0.231. The molecule has 0 fully saturated rings. The molecular weight excluding hydrogens is 235 g/mol. The molecule has 0 radical (unpaired) electrons. The smallest absolute Gasteiger partial charge is 0.309 e. The van der Waals surface area contributed by atoms with Gasteiger partial charge < -0.3 is 5.11 Å². The van der Waals surface area contributed by atoms with E-state index in [2.05, 4.69) is 4.98 Å². The number of carboxylic acid groups (broad SMARTS) is 1. The molecule has 94 valence electrons. The summed E-state index contributed by atoms with van der Waals surface area (Å²) in [7, 11) is 0. The molecule has 4 nitrogen and oxygen atoms in total. The zero-order valence-electron chi connectivity index (χ0n) is 10.1. The number of rotatable bonds is 3. The van der Waals surface area contributed by atoms with Crippen molar-refractivity contribution in [3.05, 3.63) is 47.3 Å². The highest BCUT2D eigenvalue weighted by Gasteiger charge is 2.16. The Morgan fingerprint density at radius 3 is 2.78 bits per heavy atom. The maximum atomic E-state index is 13.2. The van der Waals surface area contributed by atoms with Crippen LogP contribution in [0.5, 0.6) is 0 Å². The molecule has 0 aliphatic carbocycles. The Bertz CT molecular complexity index is 605. The number of carbonyl (C=O) groups is 1. The number of halogens is 1. The molecule has 0 unspecified atom stereocenters. The Balaban J connectivity index is 2.59. The van der Waals surface area contributed by atoms with Crippen LogP contribution in [0.15, 0.2) is 24.3 Å². The molecule has 0 bridgehead atoms. The van der Waals surface area contributed by atoms with E-state index in [0.717, 1.165) is 0 Å². The second kappa shape index (κ2) is 4.60. The van der Waals surface area contributed by atoms with Crippen LogP contribution in [-0.2, 0) is 11.2 Å². The summed E-state index contributed by atoms with van der Waals surface area (Å²) in [6, 6.07) is 6.02. The molecule has 1 N–H and O–H groups in total. The lowest BCUT2D eigenvalue weighted by Crippen LogP contribution is -2.09. The van der Waals surface area contributed by atoms with E-state index in [1.165, 1.54) is 12.1 Å². The summed E-state index contributed by atoms with van der Waals surface area (Å²) in [6.45, 7) is 3.52. The quantitative estimate of drug-likeness (QED) is 0.906. The first-order valence-corrected chi connectivity index (χ1v) is 5.51. The monoisotopic (exact) mass is 248 g/mol. The molecule has 0 saturated heterocycles. The van der Waals surface area contributed by atoms with Gasteiger partial charge in [0.05, 0.1) is 17.8 Å². The molecule has 5 heteroatoms. The number of aliphatic carboxylic acids is 1. The van der Waals surface area contributed by atoms with E-state index >= 15 is 0 Å². The van der Waals surface area contributed by atoms with Crippen molar-refractivity contribution in [1.82, 2.24) is 9.55 Å². The van der Waals surface area contributed by atoms with Crippen LogP contribution in [0.1, 0.15) is 17.2 Å². The third-order valence-electron chi connectivity index (χ3n) is 2.73. The summed E-state index contributed by atoms with van der Waals surface area (Å²) in [6.07, 6.45) is -0.136. The van der Waals surface area contributed by atoms with Gasteiger partial charge in [-0.25, -0.2) is 9.37 Å². The van der Waals surface area contributed by atoms with Crippen molar-refractivity contribution in [3.8, 4) is 5.69 Å². The van der Waals surface area contributed by atoms with Crippen LogP contribution in [0.2, 0.25) is 0 Å². The van der Waals surface area contributed by atoms with Gasteiger partial charge in [0.1, 0.15) is 11.6 Å². The Kier molecular flexibility index (Phi) is 3.14. The number of imidazole rings is 1. The molecule has 0 spiro atoms. The number of carboxylic acids is 1. The van der Waals surface area contributed by atoms with Crippen molar-refractivity contribution in [3.63, 3.8) is 0 Å². The minimum absolute atomic E-state index is 0.136. The fourth-order valence-electron chi connectivity index (χ4n) is 2.02. The lowest BCUT2D eigenvalue weighted by molar-refractivity contribution is -0.136. The molecule has 1 aromatic heterocycles. The molecule has 0 saturated carbocycles. The lowest BCUT2D eigenvalue weighted by Gasteiger charge is -2.09. The molecule has 1 aromatic carbocycles. The summed E-state index contributed by atoms with van der Waals surface area (Å²) in [5.41, 5.74) is 1.81. The molecule has 18 heavy (non-hydrogen) atoms. The first-order chi connectivity index (χ1) is 8.49. The van der Waals surface area contributed by atoms with E-state index in [1.807, 2.05) is 0 Å². The molecular formula is C13H13FN2O2. The second-order valence-electron chi connectivity index (χ2n) is 4.08. The predicted octanol–water partition coefficient (Wildman–Crippen LogP) is 2.26. The van der Waals surface area contributed by atoms with E-state index in [-0.39, 0.29) is 12.2 Å². The SMILES string of the molecule is Cc1nc(C)n(-c2cccc(F)c2)c1CC(=O)O. The van der Waals surface area contributed by atoms with Gasteiger partial charge in [-0.1, -0.05) is 6.07 Å².